The molecule has 0 aromatic heterocycles. The molecule has 1 aromatic carbocycles. The SMILES string of the molecule is Cc1ccc(NC(=O)C(C)NC(=O)C2CCOCC2)c(F)c1. The highest BCUT2D eigenvalue weighted by Gasteiger charge is 2.25. The standard InChI is InChI=1S/C16H21FN2O3/c1-10-3-4-14(13(17)9-10)19-15(20)11(2)18-16(21)12-5-7-22-8-6-12/h3-4,9,11-12H,5-8H2,1-2H3,(H,18,21)(H,19,20). The Hall–Kier alpha value is -1.95. The van der Waals surface area contributed by atoms with Crippen LogP contribution in [-0.4, -0.2) is 31.1 Å². The summed E-state index contributed by atoms with van der Waals surface area (Å²) >= 11 is 0. The van der Waals surface area contributed by atoms with Gasteiger partial charge in [0.15, 0.2) is 0 Å². The summed E-state index contributed by atoms with van der Waals surface area (Å²) < 4.78 is 18.9. The summed E-state index contributed by atoms with van der Waals surface area (Å²) in [6.45, 7) is 4.48. The number of halogens is 1. The van der Waals surface area contributed by atoms with Crippen molar-refractivity contribution in [2.75, 3.05) is 18.5 Å². The molecule has 1 aliphatic rings. The first-order valence-electron chi connectivity index (χ1n) is 7.42. The van der Waals surface area contributed by atoms with E-state index in [-0.39, 0.29) is 17.5 Å². The average molecular weight is 308 g/mol. The van der Waals surface area contributed by atoms with Crippen molar-refractivity contribution in [3.8, 4) is 0 Å². The maximum atomic E-state index is 13.7. The molecule has 1 heterocycles. The first kappa shape index (κ1) is 16.4. The number of hydrogen-bond donors (Lipinski definition) is 2. The number of nitrogens with one attached hydrogen (secondary N) is 2. The molecule has 2 amide bonds. The molecule has 0 spiro atoms. The quantitative estimate of drug-likeness (QED) is 0.894. The highest BCUT2D eigenvalue weighted by atomic mass is 19.1. The third kappa shape index (κ3) is 4.27. The number of hydrogen-bond acceptors (Lipinski definition) is 3. The van der Waals surface area contributed by atoms with Crippen LogP contribution in [0.1, 0.15) is 25.3 Å². The Morgan fingerprint density at radius 3 is 2.64 bits per heavy atom. The van der Waals surface area contributed by atoms with E-state index >= 15 is 0 Å². The lowest BCUT2D eigenvalue weighted by atomic mass is 9.99. The van der Waals surface area contributed by atoms with Crippen molar-refractivity contribution in [3.63, 3.8) is 0 Å². The zero-order valence-corrected chi connectivity index (χ0v) is 12.8. The van der Waals surface area contributed by atoms with Crippen molar-refractivity contribution in [3.05, 3.63) is 29.6 Å². The Kier molecular flexibility index (Phi) is 5.49. The van der Waals surface area contributed by atoms with Crippen LogP contribution in [0.15, 0.2) is 18.2 Å². The maximum absolute atomic E-state index is 13.7. The fourth-order valence-electron chi connectivity index (χ4n) is 2.32. The van der Waals surface area contributed by atoms with Crippen LogP contribution in [-0.2, 0) is 14.3 Å². The molecule has 1 aromatic rings. The topological polar surface area (TPSA) is 67.4 Å². The number of anilines is 1. The van der Waals surface area contributed by atoms with Gasteiger partial charge in [-0.2, -0.15) is 0 Å². The molecular formula is C16H21FN2O3. The number of rotatable bonds is 4. The van der Waals surface area contributed by atoms with Gasteiger partial charge >= 0.3 is 0 Å². The maximum Gasteiger partial charge on any atom is 0.246 e. The van der Waals surface area contributed by atoms with Crippen molar-refractivity contribution >= 4 is 17.5 Å². The van der Waals surface area contributed by atoms with Crippen molar-refractivity contribution in [2.45, 2.75) is 32.7 Å². The van der Waals surface area contributed by atoms with E-state index in [0.29, 0.717) is 26.1 Å². The summed E-state index contributed by atoms with van der Waals surface area (Å²) in [6, 6.07) is 3.84. The van der Waals surface area contributed by atoms with E-state index in [4.69, 9.17) is 4.74 Å². The Morgan fingerprint density at radius 1 is 1.32 bits per heavy atom. The average Bonchev–Trinajstić information content (AvgIpc) is 2.50. The number of ether oxygens (including phenoxy) is 1. The largest absolute Gasteiger partial charge is 0.381 e. The van der Waals surface area contributed by atoms with E-state index in [1.165, 1.54) is 12.1 Å². The van der Waals surface area contributed by atoms with E-state index in [0.717, 1.165) is 5.56 Å². The van der Waals surface area contributed by atoms with Gasteiger partial charge in [0.2, 0.25) is 11.8 Å². The fourth-order valence-corrected chi connectivity index (χ4v) is 2.32. The number of benzene rings is 1. The molecule has 1 unspecified atom stereocenters. The van der Waals surface area contributed by atoms with Gasteiger partial charge in [0.05, 0.1) is 5.69 Å². The van der Waals surface area contributed by atoms with Crippen molar-refractivity contribution in [2.24, 2.45) is 5.92 Å². The van der Waals surface area contributed by atoms with Gasteiger partial charge in [-0.15, -0.1) is 0 Å². The Bertz CT molecular complexity index is 556. The molecule has 2 rings (SSSR count). The molecular weight excluding hydrogens is 287 g/mol. The van der Waals surface area contributed by atoms with Gasteiger partial charge in [-0.3, -0.25) is 9.59 Å². The predicted molar refractivity (Wildman–Crippen MR) is 80.9 cm³/mol. The summed E-state index contributed by atoms with van der Waals surface area (Å²) in [7, 11) is 0. The smallest absolute Gasteiger partial charge is 0.246 e. The molecule has 120 valence electrons. The van der Waals surface area contributed by atoms with E-state index in [9.17, 15) is 14.0 Å². The van der Waals surface area contributed by atoms with Crippen molar-refractivity contribution < 1.29 is 18.7 Å². The summed E-state index contributed by atoms with van der Waals surface area (Å²) in [6.07, 6.45) is 1.32. The van der Waals surface area contributed by atoms with Crippen LogP contribution >= 0.6 is 0 Å². The third-order valence-corrected chi connectivity index (χ3v) is 3.73. The summed E-state index contributed by atoms with van der Waals surface area (Å²) in [5.74, 6) is -1.21. The highest BCUT2D eigenvalue weighted by Crippen LogP contribution is 2.16. The highest BCUT2D eigenvalue weighted by molar-refractivity contribution is 5.97. The molecule has 1 atom stereocenters. The third-order valence-electron chi connectivity index (χ3n) is 3.73. The van der Waals surface area contributed by atoms with Gasteiger partial charge in [-0.1, -0.05) is 6.07 Å². The molecule has 0 aliphatic carbocycles. The van der Waals surface area contributed by atoms with E-state index < -0.39 is 17.8 Å². The monoisotopic (exact) mass is 308 g/mol. The van der Waals surface area contributed by atoms with E-state index in [1.54, 1.807) is 19.9 Å². The first-order chi connectivity index (χ1) is 10.5. The second kappa shape index (κ2) is 7.35. The minimum absolute atomic E-state index is 0.114. The normalized spacial score (nSPS) is 16.9. The van der Waals surface area contributed by atoms with Crippen LogP contribution in [0, 0.1) is 18.7 Å². The van der Waals surface area contributed by atoms with E-state index in [2.05, 4.69) is 10.6 Å². The van der Waals surface area contributed by atoms with E-state index in [1.807, 2.05) is 0 Å². The molecule has 2 N–H and O–H groups in total. The van der Waals surface area contributed by atoms with Crippen molar-refractivity contribution in [1.29, 1.82) is 0 Å². The van der Waals surface area contributed by atoms with Crippen LogP contribution < -0.4 is 10.6 Å². The van der Waals surface area contributed by atoms with Gasteiger partial charge in [-0.05, 0) is 44.4 Å². The molecule has 1 fully saturated rings. The molecule has 0 radical (unpaired) electrons. The van der Waals surface area contributed by atoms with Crippen LogP contribution in [0.3, 0.4) is 0 Å². The van der Waals surface area contributed by atoms with Crippen LogP contribution in [0.2, 0.25) is 0 Å². The molecule has 1 saturated heterocycles. The predicted octanol–water partition coefficient (Wildman–Crippen LogP) is 2.00. The Balaban J connectivity index is 1.89. The van der Waals surface area contributed by atoms with Gasteiger partial charge in [0.25, 0.3) is 0 Å². The fraction of sp³-hybridized carbons (Fsp3) is 0.500. The number of carbonyl (C=O) groups excluding carboxylic acids is 2. The second-order valence-electron chi connectivity index (χ2n) is 5.59. The minimum Gasteiger partial charge on any atom is -0.381 e. The minimum atomic E-state index is -0.726. The zero-order valence-electron chi connectivity index (χ0n) is 12.8. The van der Waals surface area contributed by atoms with Gasteiger partial charge in [-0.25, -0.2) is 4.39 Å². The molecule has 1 aliphatic heterocycles. The van der Waals surface area contributed by atoms with Gasteiger partial charge in [0.1, 0.15) is 11.9 Å². The molecule has 0 bridgehead atoms. The van der Waals surface area contributed by atoms with Crippen LogP contribution in [0.5, 0.6) is 0 Å². The van der Waals surface area contributed by atoms with Crippen LogP contribution in [0.25, 0.3) is 0 Å². The Labute approximate surface area is 129 Å². The lowest BCUT2D eigenvalue weighted by Gasteiger charge is -2.23. The number of amides is 2. The summed E-state index contributed by atoms with van der Waals surface area (Å²) in [5, 5.41) is 5.16. The lowest BCUT2D eigenvalue weighted by molar-refractivity contribution is -0.131. The van der Waals surface area contributed by atoms with Crippen molar-refractivity contribution in [1.82, 2.24) is 5.32 Å². The van der Waals surface area contributed by atoms with Gasteiger partial charge in [0, 0.05) is 19.1 Å². The number of carbonyl (C=O) groups is 2. The Morgan fingerprint density at radius 2 is 2.00 bits per heavy atom. The molecule has 22 heavy (non-hydrogen) atoms. The lowest BCUT2D eigenvalue weighted by Crippen LogP contribution is -2.45. The van der Waals surface area contributed by atoms with Crippen LogP contribution in [0.4, 0.5) is 10.1 Å². The second-order valence-corrected chi connectivity index (χ2v) is 5.59. The summed E-state index contributed by atoms with van der Waals surface area (Å²) in [5.41, 5.74) is 0.888. The molecule has 0 saturated carbocycles. The number of aryl methyl sites for hydroxylation is 1. The summed E-state index contributed by atoms with van der Waals surface area (Å²) in [4.78, 5) is 24.1. The zero-order chi connectivity index (χ0) is 16.1. The van der Waals surface area contributed by atoms with Gasteiger partial charge < -0.3 is 15.4 Å². The first-order valence-corrected chi connectivity index (χ1v) is 7.42. The molecule has 6 heteroatoms. The molecule has 5 nitrogen and oxygen atoms in total.